The molecule has 1 aromatic heterocycles. The fourth-order valence-electron chi connectivity index (χ4n) is 8.23. The van der Waals surface area contributed by atoms with Gasteiger partial charge in [0.25, 0.3) is 0 Å². The number of aliphatic hydroxyl groups excluding tert-OH is 1. The first-order chi connectivity index (χ1) is 12.6. The fourth-order valence-corrected chi connectivity index (χ4v) is 8.23. The summed E-state index contributed by atoms with van der Waals surface area (Å²) < 4.78 is 11.6. The van der Waals surface area contributed by atoms with Crippen molar-refractivity contribution in [1.29, 1.82) is 0 Å². The van der Waals surface area contributed by atoms with Crippen LogP contribution in [0.1, 0.15) is 69.7 Å². The molecule has 2 heterocycles. The lowest BCUT2D eigenvalue weighted by atomic mass is 9.47. The van der Waals surface area contributed by atoms with E-state index in [1.54, 1.807) is 0 Å². The van der Waals surface area contributed by atoms with Gasteiger partial charge in [0.2, 0.25) is 0 Å². The molecule has 3 saturated carbocycles. The molecular weight excluding hydrogens is 328 g/mol. The fraction of sp³-hybridized carbons (Fsp3) is 0.905. The van der Waals surface area contributed by atoms with Crippen molar-refractivity contribution < 1.29 is 14.5 Å². The Bertz CT molecular complexity index is 735. The molecule has 5 aliphatic rings. The van der Waals surface area contributed by atoms with Crippen molar-refractivity contribution in [3.8, 4) is 0 Å². The predicted octanol–water partition coefficient (Wildman–Crippen LogP) is 3.30. The Labute approximate surface area is 154 Å². The molecule has 0 bridgehead atoms. The summed E-state index contributed by atoms with van der Waals surface area (Å²) in [6.45, 7) is 2.83. The number of aliphatic hydroxyl groups is 1. The van der Waals surface area contributed by atoms with Gasteiger partial charge in [0.1, 0.15) is 17.0 Å². The first kappa shape index (κ1) is 16.1. The van der Waals surface area contributed by atoms with Crippen LogP contribution in [-0.2, 0) is 17.6 Å². The van der Waals surface area contributed by atoms with Gasteiger partial charge in [-0.3, -0.25) is 0 Å². The van der Waals surface area contributed by atoms with E-state index in [1.807, 2.05) is 0 Å². The summed E-state index contributed by atoms with van der Waals surface area (Å²) in [5, 5.41) is 17.7. The van der Waals surface area contributed by atoms with Crippen LogP contribution in [0.25, 0.3) is 0 Å². The smallest absolute Gasteiger partial charge is 0.108 e. The minimum atomic E-state index is 0.124. The zero-order valence-electron chi connectivity index (χ0n) is 15.7. The van der Waals surface area contributed by atoms with Gasteiger partial charge in [-0.15, -0.1) is 0 Å². The van der Waals surface area contributed by atoms with Crippen LogP contribution in [-0.4, -0.2) is 33.2 Å². The van der Waals surface area contributed by atoms with E-state index in [0.717, 1.165) is 60.7 Å². The summed E-state index contributed by atoms with van der Waals surface area (Å²) in [6, 6.07) is 0. The molecule has 1 N–H and O–H groups in total. The van der Waals surface area contributed by atoms with Crippen molar-refractivity contribution in [2.45, 2.75) is 82.3 Å². The number of nitrogens with zero attached hydrogens (tertiary/aromatic N) is 2. The predicted molar refractivity (Wildman–Crippen MR) is 94.3 cm³/mol. The number of aromatic nitrogens is 2. The summed E-state index contributed by atoms with van der Waals surface area (Å²) in [6.07, 6.45) is 11.8. The molecule has 26 heavy (non-hydrogen) atoms. The molecule has 6 rings (SSSR count). The first-order valence-corrected chi connectivity index (χ1v) is 10.7. The summed E-state index contributed by atoms with van der Waals surface area (Å²) in [4.78, 5) is 0. The lowest BCUT2D eigenvalue weighted by Crippen LogP contribution is -2.54. The largest absolute Gasteiger partial charge is 0.396 e. The zero-order valence-corrected chi connectivity index (χ0v) is 15.7. The molecule has 1 aromatic rings. The average molecular weight is 358 g/mol. The molecule has 142 valence electrons. The number of ether oxygens (including phenoxy) is 1. The van der Waals surface area contributed by atoms with Gasteiger partial charge in [-0.05, 0) is 86.9 Å². The molecule has 0 aromatic carbocycles. The Morgan fingerprint density at radius 3 is 2.81 bits per heavy atom. The van der Waals surface area contributed by atoms with Gasteiger partial charge in [0.05, 0.1) is 5.60 Å². The maximum Gasteiger partial charge on any atom is 0.108 e. The van der Waals surface area contributed by atoms with Crippen LogP contribution in [0.15, 0.2) is 4.63 Å². The summed E-state index contributed by atoms with van der Waals surface area (Å²) in [5.74, 6) is 3.08. The van der Waals surface area contributed by atoms with Crippen molar-refractivity contribution in [2.75, 3.05) is 6.61 Å². The molecule has 1 aliphatic heterocycles. The van der Waals surface area contributed by atoms with E-state index >= 15 is 0 Å². The van der Waals surface area contributed by atoms with Crippen LogP contribution < -0.4 is 0 Å². The Morgan fingerprint density at radius 2 is 1.92 bits per heavy atom. The van der Waals surface area contributed by atoms with Crippen molar-refractivity contribution in [1.82, 2.24) is 10.3 Å². The highest BCUT2D eigenvalue weighted by Crippen LogP contribution is 2.74. The number of hydrogen-bond acceptors (Lipinski definition) is 5. The van der Waals surface area contributed by atoms with Gasteiger partial charge >= 0.3 is 0 Å². The molecule has 4 fully saturated rings. The van der Waals surface area contributed by atoms with Gasteiger partial charge < -0.3 is 9.84 Å². The Morgan fingerprint density at radius 1 is 1.08 bits per heavy atom. The van der Waals surface area contributed by atoms with Crippen molar-refractivity contribution in [3.63, 3.8) is 0 Å². The molecular formula is C21H30N2O3. The highest BCUT2D eigenvalue weighted by molar-refractivity contribution is 5.28. The van der Waals surface area contributed by atoms with Crippen LogP contribution >= 0.6 is 0 Å². The van der Waals surface area contributed by atoms with E-state index in [2.05, 4.69) is 17.2 Å². The van der Waals surface area contributed by atoms with E-state index < -0.39 is 0 Å². The molecule has 0 amide bonds. The highest BCUT2D eigenvalue weighted by atomic mass is 16.6. The minimum Gasteiger partial charge on any atom is -0.396 e. The molecule has 0 radical (unpaired) electrons. The average Bonchev–Trinajstić information content (AvgIpc) is 2.93. The molecule has 1 spiro atoms. The topological polar surface area (TPSA) is 71.7 Å². The second kappa shape index (κ2) is 5.11. The third-order valence-electron chi connectivity index (χ3n) is 9.42. The highest BCUT2D eigenvalue weighted by Gasteiger charge is 2.78. The molecule has 5 unspecified atom stereocenters. The maximum absolute atomic E-state index is 9.29. The monoisotopic (exact) mass is 358 g/mol. The lowest BCUT2D eigenvalue weighted by Gasteiger charge is -2.57. The maximum atomic E-state index is 9.29. The first-order valence-electron chi connectivity index (χ1n) is 10.7. The third kappa shape index (κ3) is 1.80. The van der Waals surface area contributed by atoms with Crippen LogP contribution in [0, 0.1) is 29.1 Å². The lowest BCUT2D eigenvalue weighted by molar-refractivity contribution is -0.0821. The van der Waals surface area contributed by atoms with Gasteiger partial charge in [0, 0.05) is 13.0 Å². The van der Waals surface area contributed by atoms with Crippen molar-refractivity contribution in [3.05, 3.63) is 11.4 Å². The second-order valence-corrected chi connectivity index (χ2v) is 10.1. The Hall–Kier alpha value is -0.940. The molecule has 5 heteroatoms. The van der Waals surface area contributed by atoms with Crippen LogP contribution in [0.2, 0.25) is 0 Å². The normalized spacial score (nSPS) is 51.0. The molecule has 4 aliphatic carbocycles. The summed E-state index contributed by atoms with van der Waals surface area (Å²) in [5.41, 5.74) is 2.88. The van der Waals surface area contributed by atoms with Gasteiger partial charge in [0.15, 0.2) is 0 Å². The van der Waals surface area contributed by atoms with Crippen LogP contribution in [0.5, 0.6) is 0 Å². The number of epoxide rings is 1. The third-order valence-corrected chi connectivity index (χ3v) is 9.42. The molecule has 7 atom stereocenters. The van der Waals surface area contributed by atoms with Gasteiger partial charge in [-0.1, -0.05) is 17.2 Å². The number of rotatable bonds is 3. The van der Waals surface area contributed by atoms with E-state index in [4.69, 9.17) is 9.37 Å². The number of fused-ring (bicyclic) bond motifs is 5. The Kier molecular flexibility index (Phi) is 3.15. The SMILES string of the molecule is CC12Cc3nonc3C[C@@H]1CCC1C2CCC23O[C@@]2(CCCO)CCC13. The molecule has 1 saturated heterocycles. The van der Waals surface area contributed by atoms with Crippen molar-refractivity contribution >= 4 is 0 Å². The number of hydrogen-bond donors (Lipinski definition) is 1. The van der Waals surface area contributed by atoms with Crippen LogP contribution in [0.4, 0.5) is 0 Å². The van der Waals surface area contributed by atoms with Crippen LogP contribution in [0.3, 0.4) is 0 Å². The quantitative estimate of drug-likeness (QED) is 0.840. The van der Waals surface area contributed by atoms with E-state index in [-0.39, 0.29) is 11.2 Å². The van der Waals surface area contributed by atoms with Gasteiger partial charge in [-0.25, -0.2) is 4.63 Å². The summed E-state index contributed by atoms with van der Waals surface area (Å²) in [7, 11) is 0. The van der Waals surface area contributed by atoms with Crippen molar-refractivity contribution in [2.24, 2.45) is 29.1 Å². The zero-order chi connectivity index (χ0) is 17.6. The minimum absolute atomic E-state index is 0.124. The Balaban J connectivity index is 1.30. The van der Waals surface area contributed by atoms with Gasteiger partial charge in [-0.2, -0.15) is 0 Å². The second-order valence-electron chi connectivity index (χ2n) is 10.1. The van der Waals surface area contributed by atoms with E-state index in [1.165, 1.54) is 38.5 Å². The van der Waals surface area contributed by atoms with E-state index in [0.29, 0.717) is 12.0 Å². The van der Waals surface area contributed by atoms with E-state index in [9.17, 15) is 5.11 Å². The summed E-state index contributed by atoms with van der Waals surface area (Å²) >= 11 is 0. The standard InChI is InChI=1S/C21H30N2O3/c1-19-12-18-17(22-26-23-18)11-13(19)3-4-14-15(19)6-9-21-16(14)5-8-20(21,25-21)7-2-10-24/h13-16,24H,2-12H2,1H3/t13-,14?,15?,16?,19?,20-,21?/m0/s1. The molecule has 5 nitrogen and oxygen atoms in total.